The largest absolute Gasteiger partial charge is 0.494 e. The fourth-order valence-corrected chi connectivity index (χ4v) is 5.31. The normalized spacial score (nSPS) is 13.4. The molecule has 2 N–H and O–H groups in total. The van der Waals surface area contributed by atoms with E-state index < -0.39 is 10.0 Å². The van der Waals surface area contributed by atoms with Gasteiger partial charge in [-0.25, -0.2) is 18.4 Å². The average Bonchev–Trinajstić information content (AvgIpc) is 3.51. The van der Waals surface area contributed by atoms with Crippen LogP contribution in [-0.2, 0) is 17.1 Å². The van der Waals surface area contributed by atoms with Gasteiger partial charge in [0.25, 0.3) is 10.0 Å². The van der Waals surface area contributed by atoms with E-state index in [2.05, 4.69) is 30.8 Å². The molecular formula is C24H26N8O4S. The molecule has 0 spiro atoms. The molecule has 1 fully saturated rings. The molecule has 0 aliphatic heterocycles. The number of methoxy groups -OCH3 is 1. The highest BCUT2D eigenvalue weighted by Gasteiger charge is 2.37. The number of benzene rings is 1. The molecule has 0 unspecified atom stereocenters. The highest BCUT2D eigenvalue weighted by molar-refractivity contribution is 7.90. The Morgan fingerprint density at radius 1 is 1.11 bits per heavy atom. The first-order chi connectivity index (χ1) is 17.8. The van der Waals surface area contributed by atoms with Gasteiger partial charge in [0.05, 0.1) is 34.9 Å². The lowest BCUT2D eigenvalue weighted by atomic mass is 10.1. The molecular weight excluding hydrogens is 496 g/mol. The van der Waals surface area contributed by atoms with E-state index in [4.69, 9.17) is 4.74 Å². The van der Waals surface area contributed by atoms with E-state index in [-0.39, 0.29) is 11.0 Å². The van der Waals surface area contributed by atoms with Crippen molar-refractivity contribution in [2.75, 3.05) is 17.7 Å². The number of para-hydroxylation sites is 1. The summed E-state index contributed by atoms with van der Waals surface area (Å²) in [6.07, 6.45) is 6.08. The van der Waals surface area contributed by atoms with Crippen LogP contribution in [0.4, 0.5) is 23.0 Å². The number of rotatable bonds is 10. The van der Waals surface area contributed by atoms with Crippen molar-refractivity contribution in [3.05, 3.63) is 54.6 Å². The van der Waals surface area contributed by atoms with Crippen molar-refractivity contribution in [1.29, 1.82) is 0 Å². The zero-order valence-electron chi connectivity index (χ0n) is 20.5. The lowest BCUT2D eigenvalue weighted by Gasteiger charge is -2.16. The molecule has 0 radical (unpaired) electrons. The molecule has 13 heteroatoms. The van der Waals surface area contributed by atoms with Crippen LogP contribution in [0, 0.1) is 0 Å². The standard InChI is InChI=1S/C24H26N8O4S/c1-4-20(33)17-13-25-22(28-21-10-11-32(29-21)37(34,35)15-8-9-15)12-19(17)27-18-7-5-6-16(23(18)36-3)24-26-14-31(2)30-24/h5-7,10-15H,4,8-9H2,1-3H3,(H2,25,27,28,29). The van der Waals surface area contributed by atoms with Gasteiger partial charge >= 0.3 is 0 Å². The lowest BCUT2D eigenvalue weighted by molar-refractivity contribution is 0.0988. The number of hydrogen-bond acceptors (Lipinski definition) is 10. The Morgan fingerprint density at radius 3 is 2.59 bits per heavy atom. The molecule has 1 aromatic carbocycles. The maximum absolute atomic E-state index is 12.7. The number of anilines is 4. The number of nitrogens with one attached hydrogen (secondary N) is 2. The van der Waals surface area contributed by atoms with Crippen LogP contribution in [0.1, 0.15) is 36.5 Å². The fourth-order valence-electron chi connectivity index (χ4n) is 3.84. The summed E-state index contributed by atoms with van der Waals surface area (Å²) in [7, 11) is -0.145. The molecule has 3 aromatic heterocycles. The maximum atomic E-state index is 12.7. The molecule has 0 atom stereocenters. The van der Waals surface area contributed by atoms with Gasteiger partial charge in [0.1, 0.15) is 12.1 Å². The minimum atomic E-state index is -3.48. The minimum absolute atomic E-state index is 0.0946. The average molecular weight is 523 g/mol. The van der Waals surface area contributed by atoms with Gasteiger partial charge in [-0.15, -0.1) is 5.10 Å². The van der Waals surface area contributed by atoms with E-state index in [9.17, 15) is 13.2 Å². The second-order valence-electron chi connectivity index (χ2n) is 8.59. The van der Waals surface area contributed by atoms with Crippen LogP contribution in [0.3, 0.4) is 0 Å². The summed E-state index contributed by atoms with van der Waals surface area (Å²) in [6.45, 7) is 1.78. The summed E-state index contributed by atoms with van der Waals surface area (Å²) in [5.41, 5.74) is 2.19. The van der Waals surface area contributed by atoms with Crippen molar-refractivity contribution >= 4 is 38.8 Å². The van der Waals surface area contributed by atoms with Crippen LogP contribution in [-0.4, -0.2) is 55.5 Å². The third-order valence-electron chi connectivity index (χ3n) is 5.88. The number of ether oxygens (including phenoxy) is 1. The molecule has 0 bridgehead atoms. The van der Waals surface area contributed by atoms with E-state index >= 15 is 0 Å². The second kappa shape index (κ2) is 9.65. The summed E-state index contributed by atoms with van der Waals surface area (Å²) in [5, 5.41) is 14.5. The summed E-state index contributed by atoms with van der Waals surface area (Å²) in [6, 6.07) is 8.74. The predicted molar refractivity (Wildman–Crippen MR) is 138 cm³/mol. The van der Waals surface area contributed by atoms with Crippen LogP contribution in [0.25, 0.3) is 11.4 Å². The zero-order chi connectivity index (χ0) is 26.2. The van der Waals surface area contributed by atoms with E-state index in [1.807, 2.05) is 18.2 Å². The molecule has 0 saturated heterocycles. The van der Waals surface area contributed by atoms with E-state index in [1.54, 1.807) is 44.2 Å². The van der Waals surface area contributed by atoms with Gasteiger partial charge < -0.3 is 15.4 Å². The molecule has 1 aliphatic rings. The molecule has 0 amide bonds. The molecule has 37 heavy (non-hydrogen) atoms. The van der Waals surface area contributed by atoms with E-state index in [0.717, 1.165) is 4.09 Å². The predicted octanol–water partition coefficient (Wildman–Crippen LogP) is 3.50. The quantitative estimate of drug-likeness (QED) is 0.297. The molecule has 12 nitrogen and oxygen atoms in total. The molecule has 5 rings (SSSR count). The van der Waals surface area contributed by atoms with Gasteiger partial charge in [-0.2, -0.15) is 9.19 Å². The molecule has 4 aromatic rings. The summed E-state index contributed by atoms with van der Waals surface area (Å²) >= 11 is 0. The van der Waals surface area contributed by atoms with E-state index in [1.165, 1.54) is 12.4 Å². The van der Waals surface area contributed by atoms with Gasteiger partial charge in [0, 0.05) is 38.0 Å². The Kier molecular flexibility index (Phi) is 6.38. The molecule has 192 valence electrons. The first kappa shape index (κ1) is 24.4. The molecule has 1 aliphatic carbocycles. The third-order valence-corrected chi connectivity index (χ3v) is 7.92. The smallest absolute Gasteiger partial charge is 0.256 e. The number of aromatic nitrogens is 6. The van der Waals surface area contributed by atoms with Crippen LogP contribution < -0.4 is 15.4 Å². The zero-order valence-corrected chi connectivity index (χ0v) is 21.4. The third kappa shape index (κ3) is 4.89. The summed E-state index contributed by atoms with van der Waals surface area (Å²) in [4.78, 5) is 21.4. The highest BCUT2D eigenvalue weighted by Crippen LogP contribution is 2.37. The van der Waals surface area contributed by atoms with Crippen LogP contribution in [0.2, 0.25) is 0 Å². The number of aryl methyl sites for hydroxylation is 1. The van der Waals surface area contributed by atoms with Crippen LogP contribution >= 0.6 is 0 Å². The summed E-state index contributed by atoms with van der Waals surface area (Å²) < 4.78 is 33.2. The van der Waals surface area contributed by atoms with Gasteiger partial charge in [0.15, 0.2) is 23.2 Å². The first-order valence-corrected chi connectivity index (χ1v) is 13.2. The number of hydrogen-bond donors (Lipinski definition) is 2. The van der Waals surface area contributed by atoms with Gasteiger partial charge in [-0.05, 0) is 25.0 Å². The Labute approximate surface area is 213 Å². The second-order valence-corrected chi connectivity index (χ2v) is 10.7. The van der Waals surface area contributed by atoms with Gasteiger partial charge in [0.2, 0.25) is 0 Å². The molecule has 3 heterocycles. The number of nitrogens with zero attached hydrogens (tertiary/aromatic N) is 6. The van der Waals surface area contributed by atoms with Crippen molar-refractivity contribution in [2.45, 2.75) is 31.4 Å². The fraction of sp³-hybridized carbons (Fsp3) is 0.292. The minimum Gasteiger partial charge on any atom is -0.494 e. The van der Waals surface area contributed by atoms with E-state index in [0.29, 0.717) is 65.0 Å². The topological polar surface area (TPSA) is 146 Å². The first-order valence-electron chi connectivity index (χ1n) is 11.7. The van der Waals surface area contributed by atoms with Gasteiger partial charge in [-0.3, -0.25) is 9.48 Å². The van der Waals surface area contributed by atoms with Crippen molar-refractivity contribution < 1.29 is 17.9 Å². The number of Topliss-reactive ketones (excluding diaryl/α,β-unsaturated/α-hetero) is 1. The van der Waals surface area contributed by atoms with Crippen molar-refractivity contribution in [1.82, 2.24) is 28.9 Å². The van der Waals surface area contributed by atoms with Gasteiger partial charge in [-0.1, -0.05) is 13.0 Å². The Balaban J connectivity index is 1.47. The Bertz CT molecular complexity index is 1570. The SMILES string of the molecule is CCC(=O)c1cnc(Nc2ccn(S(=O)(=O)C3CC3)n2)cc1Nc1cccc(-c2ncn(C)n2)c1OC. The van der Waals surface area contributed by atoms with Crippen molar-refractivity contribution in [3.63, 3.8) is 0 Å². The highest BCUT2D eigenvalue weighted by atomic mass is 32.2. The summed E-state index contributed by atoms with van der Waals surface area (Å²) in [5.74, 6) is 1.62. The van der Waals surface area contributed by atoms with Crippen LogP contribution in [0.5, 0.6) is 5.75 Å². The number of ketones is 1. The number of carbonyl (C=O) groups excluding carboxylic acids is 1. The number of carbonyl (C=O) groups is 1. The van der Waals surface area contributed by atoms with Crippen molar-refractivity contribution in [3.8, 4) is 17.1 Å². The Morgan fingerprint density at radius 2 is 1.92 bits per heavy atom. The number of pyridine rings is 1. The lowest BCUT2D eigenvalue weighted by Crippen LogP contribution is -2.18. The monoisotopic (exact) mass is 522 g/mol. The maximum Gasteiger partial charge on any atom is 0.256 e. The Hall–Kier alpha value is -4.26. The van der Waals surface area contributed by atoms with Crippen LogP contribution in [0.15, 0.2) is 49.1 Å². The molecule has 1 saturated carbocycles. The van der Waals surface area contributed by atoms with Crippen molar-refractivity contribution in [2.24, 2.45) is 7.05 Å².